The van der Waals surface area contributed by atoms with Crippen LogP contribution in [0, 0.1) is 0 Å². The van der Waals surface area contributed by atoms with Crippen molar-refractivity contribution in [3.63, 3.8) is 0 Å². The highest BCUT2D eigenvalue weighted by atomic mass is 32.1. The first-order valence-corrected chi connectivity index (χ1v) is 18.0. The van der Waals surface area contributed by atoms with Gasteiger partial charge in [-0.3, -0.25) is 0 Å². The smallest absolute Gasteiger partial charge is 0.161 e. The number of benzene rings is 7. The fourth-order valence-electron chi connectivity index (χ4n) is 8.02. The van der Waals surface area contributed by atoms with Crippen molar-refractivity contribution in [3.8, 4) is 34.0 Å². The van der Waals surface area contributed by atoms with Crippen LogP contribution in [-0.2, 0) is 0 Å². The van der Waals surface area contributed by atoms with Crippen molar-refractivity contribution in [2.75, 3.05) is 0 Å². The molecule has 0 unspecified atom stereocenters. The van der Waals surface area contributed by atoms with Crippen LogP contribution < -0.4 is 0 Å². The Morgan fingerprint density at radius 1 is 0.431 bits per heavy atom. The summed E-state index contributed by atoms with van der Waals surface area (Å²) in [4.78, 5) is 11.5. The molecule has 0 radical (unpaired) electrons. The quantitative estimate of drug-likeness (QED) is 0.187. The SMILES string of the molecule is c1ccc(-c2nc(-c3ccccc3-n3c4ccccc4c4c3ccc3c5ccccc5n(-c5ccccc5)c34)c3c(n2)sc2ccccc23)cc1. The molecular formula is C46H28N4S. The van der Waals surface area contributed by atoms with Crippen LogP contribution in [0.25, 0.3) is 97.9 Å². The zero-order chi connectivity index (χ0) is 33.5. The minimum atomic E-state index is 0.732. The van der Waals surface area contributed by atoms with Crippen molar-refractivity contribution in [3.05, 3.63) is 170 Å². The highest BCUT2D eigenvalue weighted by Gasteiger charge is 2.24. The van der Waals surface area contributed by atoms with Crippen LogP contribution in [0.1, 0.15) is 0 Å². The highest BCUT2D eigenvalue weighted by molar-refractivity contribution is 7.25. The van der Waals surface area contributed by atoms with E-state index in [4.69, 9.17) is 9.97 Å². The molecule has 0 atom stereocenters. The van der Waals surface area contributed by atoms with E-state index >= 15 is 0 Å². The molecule has 5 heteroatoms. The third-order valence-electron chi connectivity index (χ3n) is 10.2. The number of aromatic nitrogens is 4. The molecule has 4 aromatic heterocycles. The lowest BCUT2D eigenvalue weighted by molar-refractivity contribution is 1.17. The molecule has 0 amide bonds. The third-order valence-corrected chi connectivity index (χ3v) is 11.2. The van der Waals surface area contributed by atoms with E-state index in [0.717, 1.165) is 55.3 Å². The lowest BCUT2D eigenvalue weighted by Crippen LogP contribution is -2.00. The van der Waals surface area contributed by atoms with Crippen LogP contribution in [0.4, 0.5) is 0 Å². The van der Waals surface area contributed by atoms with E-state index < -0.39 is 0 Å². The average Bonchev–Trinajstić information content (AvgIpc) is 3.86. The predicted molar refractivity (Wildman–Crippen MR) is 214 cm³/mol. The monoisotopic (exact) mass is 668 g/mol. The molecule has 7 aromatic carbocycles. The van der Waals surface area contributed by atoms with E-state index in [1.165, 1.54) is 42.7 Å². The third kappa shape index (κ3) is 4.13. The van der Waals surface area contributed by atoms with Crippen LogP contribution in [0.5, 0.6) is 0 Å². The summed E-state index contributed by atoms with van der Waals surface area (Å²) in [5.74, 6) is 0.732. The van der Waals surface area contributed by atoms with E-state index in [-0.39, 0.29) is 0 Å². The summed E-state index contributed by atoms with van der Waals surface area (Å²) in [6.07, 6.45) is 0. The lowest BCUT2D eigenvalue weighted by atomic mass is 10.0. The zero-order valence-electron chi connectivity index (χ0n) is 27.4. The summed E-state index contributed by atoms with van der Waals surface area (Å²) in [7, 11) is 0. The second-order valence-electron chi connectivity index (χ2n) is 13.0. The van der Waals surface area contributed by atoms with E-state index in [1.54, 1.807) is 11.3 Å². The summed E-state index contributed by atoms with van der Waals surface area (Å²) in [5, 5.41) is 7.21. The van der Waals surface area contributed by atoms with Crippen LogP contribution >= 0.6 is 11.3 Å². The largest absolute Gasteiger partial charge is 0.309 e. The molecule has 11 rings (SSSR count). The lowest BCUT2D eigenvalue weighted by Gasteiger charge is -2.15. The van der Waals surface area contributed by atoms with Gasteiger partial charge >= 0.3 is 0 Å². The predicted octanol–water partition coefficient (Wildman–Crippen LogP) is 12.4. The first-order chi connectivity index (χ1) is 25.3. The molecule has 0 aliphatic carbocycles. The summed E-state index contributed by atoms with van der Waals surface area (Å²) in [6.45, 7) is 0. The van der Waals surface area contributed by atoms with E-state index in [9.17, 15) is 0 Å². The van der Waals surface area contributed by atoms with Crippen LogP contribution in [-0.4, -0.2) is 19.1 Å². The number of nitrogens with zero attached hydrogens (tertiary/aromatic N) is 4. The second-order valence-corrected chi connectivity index (χ2v) is 14.0. The van der Waals surface area contributed by atoms with Gasteiger partial charge in [0.05, 0.1) is 33.4 Å². The Labute approximate surface area is 297 Å². The summed E-state index contributed by atoms with van der Waals surface area (Å²) in [6, 6.07) is 60.6. The number of para-hydroxylation sites is 4. The fraction of sp³-hybridized carbons (Fsp3) is 0. The molecule has 238 valence electrons. The summed E-state index contributed by atoms with van der Waals surface area (Å²) in [5.41, 5.74) is 9.96. The van der Waals surface area contributed by atoms with Gasteiger partial charge in [0.15, 0.2) is 5.82 Å². The molecule has 11 aromatic rings. The summed E-state index contributed by atoms with van der Waals surface area (Å²) < 4.78 is 6.09. The van der Waals surface area contributed by atoms with E-state index in [0.29, 0.717) is 0 Å². The van der Waals surface area contributed by atoms with Gasteiger partial charge < -0.3 is 9.13 Å². The van der Waals surface area contributed by atoms with Gasteiger partial charge in [0.25, 0.3) is 0 Å². The van der Waals surface area contributed by atoms with Crippen LogP contribution in [0.2, 0.25) is 0 Å². The number of fused-ring (bicyclic) bond motifs is 10. The molecule has 4 heterocycles. The Kier molecular flexibility index (Phi) is 6.09. The van der Waals surface area contributed by atoms with Gasteiger partial charge in [0.1, 0.15) is 4.83 Å². The molecular weight excluding hydrogens is 641 g/mol. The maximum absolute atomic E-state index is 5.41. The van der Waals surface area contributed by atoms with Gasteiger partial charge in [-0.15, -0.1) is 11.3 Å². The van der Waals surface area contributed by atoms with Crippen molar-refractivity contribution in [1.82, 2.24) is 19.1 Å². The maximum atomic E-state index is 5.41. The fourth-order valence-corrected chi connectivity index (χ4v) is 9.09. The molecule has 0 fully saturated rings. The first kappa shape index (κ1) is 28.3. The molecule has 0 aliphatic heterocycles. The standard InChI is InChI=1S/C46H28N4S/c1-3-15-29(16-4-1)45-47-43(42-35-22-10-14-26-40(35)51-46(42)48-45)34-21-9-13-25-38(34)50-37-24-12-8-20-33(37)41-39(50)28-27-32-31-19-7-11-23-36(31)49(44(32)41)30-17-5-2-6-18-30/h1-28H. The first-order valence-electron chi connectivity index (χ1n) is 17.2. The molecule has 0 N–H and O–H groups in total. The average molecular weight is 669 g/mol. The molecule has 0 aliphatic rings. The van der Waals surface area contributed by atoms with Crippen LogP contribution in [0.3, 0.4) is 0 Å². The Morgan fingerprint density at radius 2 is 1.08 bits per heavy atom. The van der Waals surface area contributed by atoms with Gasteiger partial charge in [0, 0.05) is 53.8 Å². The molecule has 51 heavy (non-hydrogen) atoms. The normalized spacial score (nSPS) is 11.9. The van der Waals surface area contributed by atoms with Crippen molar-refractivity contribution >= 4 is 75.3 Å². The van der Waals surface area contributed by atoms with E-state index in [1.807, 2.05) is 6.07 Å². The topological polar surface area (TPSA) is 35.6 Å². The Morgan fingerprint density at radius 3 is 1.90 bits per heavy atom. The number of thiophene rings is 1. The number of rotatable bonds is 4. The van der Waals surface area contributed by atoms with Crippen molar-refractivity contribution in [2.24, 2.45) is 0 Å². The number of hydrogen-bond acceptors (Lipinski definition) is 3. The Hall–Kier alpha value is -6.56. The van der Waals surface area contributed by atoms with Gasteiger partial charge in [0.2, 0.25) is 0 Å². The Balaban J connectivity index is 1.28. The minimum Gasteiger partial charge on any atom is -0.309 e. The molecule has 0 bridgehead atoms. The van der Waals surface area contributed by atoms with Gasteiger partial charge in [-0.2, -0.15) is 0 Å². The van der Waals surface area contributed by atoms with Crippen molar-refractivity contribution < 1.29 is 0 Å². The molecule has 0 saturated carbocycles. The van der Waals surface area contributed by atoms with Crippen LogP contribution in [0.15, 0.2) is 170 Å². The van der Waals surface area contributed by atoms with Crippen molar-refractivity contribution in [1.29, 1.82) is 0 Å². The second kappa shape index (κ2) is 11.0. The van der Waals surface area contributed by atoms with Crippen molar-refractivity contribution in [2.45, 2.75) is 0 Å². The highest BCUT2D eigenvalue weighted by Crippen LogP contribution is 2.45. The maximum Gasteiger partial charge on any atom is 0.161 e. The minimum absolute atomic E-state index is 0.732. The number of hydrogen-bond donors (Lipinski definition) is 0. The Bertz CT molecular complexity index is 3130. The van der Waals surface area contributed by atoms with E-state index in [2.05, 4.69) is 173 Å². The molecule has 4 nitrogen and oxygen atoms in total. The van der Waals surface area contributed by atoms with Gasteiger partial charge in [-0.1, -0.05) is 127 Å². The summed E-state index contributed by atoms with van der Waals surface area (Å²) >= 11 is 1.73. The zero-order valence-corrected chi connectivity index (χ0v) is 28.2. The molecule has 0 spiro atoms. The van der Waals surface area contributed by atoms with Gasteiger partial charge in [-0.05, 0) is 42.5 Å². The van der Waals surface area contributed by atoms with Gasteiger partial charge in [-0.25, -0.2) is 9.97 Å². The molecule has 0 saturated heterocycles.